The van der Waals surface area contributed by atoms with Crippen molar-refractivity contribution in [2.75, 3.05) is 6.61 Å². The maximum atomic E-state index is 12.6. The minimum Gasteiger partial charge on any atom is -0.378 e. The molecule has 0 saturated heterocycles. The van der Waals surface area contributed by atoms with E-state index in [2.05, 4.69) is 15.3 Å². The Labute approximate surface area is 155 Å². The van der Waals surface area contributed by atoms with Crippen LogP contribution in [0.3, 0.4) is 0 Å². The van der Waals surface area contributed by atoms with Crippen molar-refractivity contribution in [1.29, 1.82) is 0 Å². The van der Waals surface area contributed by atoms with Crippen LogP contribution in [0.4, 0.5) is 0 Å². The van der Waals surface area contributed by atoms with Crippen molar-refractivity contribution in [2.45, 2.75) is 84.3 Å². The van der Waals surface area contributed by atoms with Gasteiger partial charge in [-0.2, -0.15) is 4.98 Å². The van der Waals surface area contributed by atoms with E-state index in [0.29, 0.717) is 24.6 Å². The smallest absolute Gasteiger partial charge is 0.345 e. The lowest BCUT2D eigenvalue weighted by Gasteiger charge is -2.57. The first kappa shape index (κ1) is 19.1. The van der Waals surface area contributed by atoms with Crippen molar-refractivity contribution in [1.82, 2.24) is 15.3 Å². The van der Waals surface area contributed by atoms with E-state index in [0.717, 1.165) is 37.1 Å². The van der Waals surface area contributed by atoms with Crippen molar-refractivity contribution in [3.05, 3.63) is 27.4 Å². The molecule has 1 aromatic rings. The van der Waals surface area contributed by atoms with Crippen LogP contribution in [0.25, 0.3) is 0 Å². The summed E-state index contributed by atoms with van der Waals surface area (Å²) in [6.45, 7) is 6.47. The Balaban J connectivity index is 1.59. The molecule has 0 aliphatic heterocycles. The molecule has 2 saturated carbocycles. The number of nitrogens with one attached hydrogen (secondary N) is 2. The molecular weight excluding hydrogens is 330 g/mol. The lowest BCUT2D eigenvalue weighted by atomic mass is 9.55. The summed E-state index contributed by atoms with van der Waals surface area (Å²) in [5.41, 5.74) is 2.30. The third-order valence-electron chi connectivity index (χ3n) is 6.33. The van der Waals surface area contributed by atoms with Crippen molar-refractivity contribution in [2.24, 2.45) is 5.41 Å². The molecule has 6 nitrogen and oxygen atoms in total. The van der Waals surface area contributed by atoms with Gasteiger partial charge in [-0.05, 0) is 52.0 Å². The van der Waals surface area contributed by atoms with Gasteiger partial charge >= 0.3 is 5.69 Å². The maximum absolute atomic E-state index is 12.6. The molecule has 1 amide bonds. The second-order valence-electron chi connectivity index (χ2n) is 7.82. The zero-order valence-corrected chi connectivity index (χ0v) is 16.2. The number of H-pyrrole nitrogens is 1. The number of carbonyl (C=O) groups is 1. The number of aromatic amines is 1. The molecule has 6 heteroatoms. The molecule has 0 bridgehead atoms. The fourth-order valence-corrected chi connectivity index (χ4v) is 4.89. The van der Waals surface area contributed by atoms with E-state index >= 15 is 0 Å². The van der Waals surface area contributed by atoms with Gasteiger partial charge in [0.15, 0.2) is 0 Å². The molecule has 1 aromatic heterocycles. The number of rotatable bonds is 6. The number of ether oxygens (including phenoxy) is 1. The zero-order chi connectivity index (χ0) is 18.7. The number of aryl methyl sites for hydroxylation is 2. The number of aromatic nitrogens is 2. The van der Waals surface area contributed by atoms with E-state index in [1.54, 1.807) is 0 Å². The summed E-state index contributed by atoms with van der Waals surface area (Å²) in [6.07, 6.45) is 8.32. The van der Waals surface area contributed by atoms with Gasteiger partial charge in [0.25, 0.3) is 0 Å². The quantitative estimate of drug-likeness (QED) is 0.816. The summed E-state index contributed by atoms with van der Waals surface area (Å²) < 4.78 is 5.96. The normalized spacial score (nSPS) is 24.3. The average molecular weight is 361 g/mol. The molecule has 2 aliphatic rings. The summed E-state index contributed by atoms with van der Waals surface area (Å²) in [5.74, 6) is 0.0832. The van der Waals surface area contributed by atoms with Crippen molar-refractivity contribution in [3.8, 4) is 0 Å². The van der Waals surface area contributed by atoms with Crippen LogP contribution in [0.2, 0.25) is 0 Å². The van der Waals surface area contributed by atoms with E-state index < -0.39 is 0 Å². The Hall–Kier alpha value is -1.69. The summed E-state index contributed by atoms with van der Waals surface area (Å²) in [6, 6.07) is 0.239. The summed E-state index contributed by atoms with van der Waals surface area (Å²) in [5, 5.41) is 3.27. The molecule has 0 aromatic carbocycles. The van der Waals surface area contributed by atoms with Crippen LogP contribution in [0, 0.1) is 19.3 Å². The van der Waals surface area contributed by atoms with E-state index in [4.69, 9.17) is 4.74 Å². The minimum absolute atomic E-state index is 0.0832. The van der Waals surface area contributed by atoms with Gasteiger partial charge in [-0.15, -0.1) is 0 Å². The van der Waals surface area contributed by atoms with Crippen LogP contribution in [0.15, 0.2) is 4.79 Å². The molecule has 0 radical (unpaired) electrons. The first-order valence-corrected chi connectivity index (χ1v) is 9.93. The molecule has 2 atom stereocenters. The number of amides is 1. The fraction of sp³-hybridized carbons (Fsp3) is 0.750. The van der Waals surface area contributed by atoms with Gasteiger partial charge in [-0.25, -0.2) is 4.79 Å². The van der Waals surface area contributed by atoms with Gasteiger partial charge in [-0.3, -0.25) is 4.79 Å². The maximum Gasteiger partial charge on any atom is 0.345 e. The van der Waals surface area contributed by atoms with Gasteiger partial charge < -0.3 is 15.0 Å². The highest BCUT2D eigenvalue weighted by molar-refractivity contribution is 5.77. The number of hydrogen-bond donors (Lipinski definition) is 2. The molecule has 0 unspecified atom stereocenters. The Morgan fingerprint density at radius 1 is 1.31 bits per heavy atom. The SMILES string of the molecule is CCO[C@@H]1C[C@@H](NC(=O)CCc2c(C)nc(=O)[nH]c2C)C12CCCCC2. The largest absolute Gasteiger partial charge is 0.378 e. The fourth-order valence-electron chi connectivity index (χ4n) is 4.89. The van der Waals surface area contributed by atoms with Crippen molar-refractivity contribution < 1.29 is 9.53 Å². The zero-order valence-electron chi connectivity index (χ0n) is 16.2. The van der Waals surface area contributed by atoms with E-state index in [-0.39, 0.29) is 23.1 Å². The third kappa shape index (κ3) is 3.70. The minimum atomic E-state index is -0.330. The molecule has 144 valence electrons. The molecule has 2 N–H and O–H groups in total. The Morgan fingerprint density at radius 3 is 2.69 bits per heavy atom. The monoisotopic (exact) mass is 361 g/mol. The molecular formula is C20H31N3O3. The van der Waals surface area contributed by atoms with Gasteiger partial charge in [0, 0.05) is 35.9 Å². The first-order valence-electron chi connectivity index (χ1n) is 9.93. The second kappa shape index (κ2) is 7.91. The topological polar surface area (TPSA) is 84.1 Å². The Bertz CT molecular complexity index is 680. The highest BCUT2D eigenvalue weighted by Crippen LogP contribution is 2.53. The number of hydrogen-bond acceptors (Lipinski definition) is 4. The molecule has 1 spiro atoms. The summed E-state index contributed by atoms with van der Waals surface area (Å²) >= 11 is 0. The lowest BCUT2D eigenvalue weighted by Crippen LogP contribution is -2.65. The van der Waals surface area contributed by atoms with E-state index in [1.165, 1.54) is 19.3 Å². The first-order chi connectivity index (χ1) is 12.5. The highest BCUT2D eigenvalue weighted by Gasteiger charge is 2.55. The van der Waals surface area contributed by atoms with Crippen LogP contribution in [0.1, 0.15) is 68.8 Å². The van der Waals surface area contributed by atoms with E-state index in [9.17, 15) is 9.59 Å². The standard InChI is InChI=1S/C20H31N3O3/c1-4-26-17-12-16(20(17)10-6-5-7-11-20)23-18(24)9-8-15-13(2)21-19(25)22-14(15)3/h16-17H,4-12H2,1-3H3,(H,23,24)(H,21,22,25)/t16-,17-/m1/s1. The van der Waals surface area contributed by atoms with Gasteiger partial charge in [0.1, 0.15) is 0 Å². The Morgan fingerprint density at radius 2 is 2.04 bits per heavy atom. The molecule has 3 rings (SSSR count). The summed E-state index contributed by atoms with van der Waals surface area (Å²) in [4.78, 5) is 30.6. The number of carbonyl (C=O) groups excluding carboxylic acids is 1. The van der Waals surface area contributed by atoms with Crippen molar-refractivity contribution >= 4 is 5.91 Å². The van der Waals surface area contributed by atoms with Crippen LogP contribution >= 0.6 is 0 Å². The second-order valence-corrected chi connectivity index (χ2v) is 7.82. The predicted octanol–water partition coefficient (Wildman–Crippen LogP) is 2.56. The lowest BCUT2D eigenvalue weighted by molar-refractivity contribution is -0.157. The van der Waals surface area contributed by atoms with Gasteiger partial charge in [0.2, 0.25) is 5.91 Å². The van der Waals surface area contributed by atoms with E-state index in [1.807, 2.05) is 20.8 Å². The average Bonchev–Trinajstić information content (AvgIpc) is 2.60. The molecule has 1 heterocycles. The van der Waals surface area contributed by atoms with Gasteiger partial charge in [0.05, 0.1) is 6.10 Å². The third-order valence-corrected chi connectivity index (χ3v) is 6.33. The molecule has 2 aliphatic carbocycles. The van der Waals surface area contributed by atoms with Crippen molar-refractivity contribution in [3.63, 3.8) is 0 Å². The van der Waals surface area contributed by atoms with Crippen LogP contribution in [0.5, 0.6) is 0 Å². The molecule has 2 fully saturated rings. The highest BCUT2D eigenvalue weighted by atomic mass is 16.5. The number of nitrogens with zero attached hydrogens (tertiary/aromatic N) is 1. The Kier molecular flexibility index (Phi) is 5.80. The molecule has 26 heavy (non-hydrogen) atoms. The van der Waals surface area contributed by atoms with Crippen LogP contribution in [-0.2, 0) is 16.0 Å². The van der Waals surface area contributed by atoms with Gasteiger partial charge in [-0.1, -0.05) is 19.3 Å². The van der Waals surface area contributed by atoms with Crippen LogP contribution < -0.4 is 11.0 Å². The summed E-state index contributed by atoms with van der Waals surface area (Å²) in [7, 11) is 0. The van der Waals surface area contributed by atoms with Crippen LogP contribution in [-0.4, -0.2) is 34.6 Å². The predicted molar refractivity (Wildman–Crippen MR) is 100 cm³/mol.